The van der Waals surface area contributed by atoms with Gasteiger partial charge in [-0.3, -0.25) is 9.59 Å². The minimum Gasteiger partial charge on any atom is -0.455 e. The molecule has 0 spiro atoms. The number of fused-ring (bicyclic) bond motifs is 2. The van der Waals surface area contributed by atoms with Crippen molar-refractivity contribution in [1.29, 1.82) is 0 Å². The number of esters is 1. The monoisotopic (exact) mass is 375 g/mol. The van der Waals surface area contributed by atoms with Gasteiger partial charge in [0.25, 0.3) is 5.91 Å². The van der Waals surface area contributed by atoms with Crippen molar-refractivity contribution in [3.8, 4) is 0 Å². The second-order valence-electron chi connectivity index (χ2n) is 7.91. The Labute approximate surface area is 160 Å². The molecule has 1 N–H and O–H groups in total. The summed E-state index contributed by atoms with van der Waals surface area (Å²) in [6, 6.07) is 6.34. The van der Waals surface area contributed by atoms with Crippen LogP contribution < -0.4 is 5.32 Å². The normalized spacial score (nSPS) is 25.1. The number of nitrogens with one attached hydrogen (secondary N) is 1. The molecule has 0 aromatic heterocycles. The number of hydrogen-bond acceptors (Lipinski definition) is 4. The summed E-state index contributed by atoms with van der Waals surface area (Å²) in [4.78, 5) is 25.1. The molecular weight excluding hydrogens is 346 g/mol. The van der Waals surface area contributed by atoms with E-state index in [9.17, 15) is 9.59 Å². The Hall–Kier alpha value is -1.49. The van der Waals surface area contributed by atoms with Gasteiger partial charge in [-0.05, 0) is 69.4 Å². The van der Waals surface area contributed by atoms with Gasteiger partial charge in [0, 0.05) is 10.9 Å². The van der Waals surface area contributed by atoms with Crippen LogP contribution in [0.4, 0.5) is 0 Å². The summed E-state index contributed by atoms with van der Waals surface area (Å²) in [5.41, 5.74) is 2.31. The first kappa shape index (κ1) is 19.3. The van der Waals surface area contributed by atoms with E-state index in [1.165, 1.54) is 43.0 Å². The fourth-order valence-corrected chi connectivity index (χ4v) is 5.42. The van der Waals surface area contributed by atoms with E-state index in [4.69, 9.17) is 4.74 Å². The van der Waals surface area contributed by atoms with E-state index in [0.717, 1.165) is 22.3 Å². The molecule has 2 bridgehead atoms. The number of thioether (sulfide) groups is 1. The second kappa shape index (κ2) is 8.47. The highest BCUT2D eigenvalue weighted by molar-refractivity contribution is 8.00. The maximum Gasteiger partial charge on any atom is 0.316 e. The van der Waals surface area contributed by atoms with Crippen LogP contribution in [0.5, 0.6) is 0 Å². The molecule has 2 saturated carbocycles. The zero-order valence-electron chi connectivity index (χ0n) is 15.9. The summed E-state index contributed by atoms with van der Waals surface area (Å²) < 4.78 is 5.15. The van der Waals surface area contributed by atoms with Gasteiger partial charge in [-0.15, -0.1) is 11.8 Å². The lowest BCUT2D eigenvalue weighted by Gasteiger charge is -2.28. The van der Waals surface area contributed by atoms with Crippen LogP contribution in [-0.4, -0.2) is 30.3 Å². The van der Waals surface area contributed by atoms with Crippen LogP contribution in [0.2, 0.25) is 0 Å². The van der Waals surface area contributed by atoms with Crippen molar-refractivity contribution < 1.29 is 14.3 Å². The Morgan fingerprint density at radius 2 is 2.08 bits per heavy atom. The number of aryl methyl sites for hydroxylation is 2. The number of ether oxygens (including phenoxy) is 1. The largest absolute Gasteiger partial charge is 0.455 e. The maximum absolute atomic E-state index is 12.1. The molecule has 2 fully saturated rings. The average Bonchev–Trinajstić information content (AvgIpc) is 3.24. The third-order valence-corrected chi connectivity index (χ3v) is 7.01. The van der Waals surface area contributed by atoms with Gasteiger partial charge in [-0.25, -0.2) is 0 Å². The quantitative estimate of drug-likeness (QED) is 0.580. The van der Waals surface area contributed by atoms with Gasteiger partial charge >= 0.3 is 5.97 Å². The Kier molecular flexibility index (Phi) is 6.28. The minimum atomic E-state index is -0.348. The van der Waals surface area contributed by atoms with Crippen LogP contribution >= 0.6 is 11.8 Å². The number of amides is 1. The first-order valence-corrected chi connectivity index (χ1v) is 10.6. The zero-order valence-corrected chi connectivity index (χ0v) is 16.7. The number of carbonyl (C=O) groups is 2. The number of benzene rings is 1. The number of hydrogen-bond donors (Lipinski definition) is 1. The number of rotatable bonds is 7. The third-order valence-electron chi connectivity index (χ3n) is 5.88. The van der Waals surface area contributed by atoms with Crippen molar-refractivity contribution >= 4 is 23.6 Å². The molecule has 4 nitrogen and oxygen atoms in total. The topological polar surface area (TPSA) is 55.4 Å². The predicted octanol–water partition coefficient (Wildman–Crippen LogP) is 3.88. The van der Waals surface area contributed by atoms with Gasteiger partial charge < -0.3 is 10.1 Å². The Bertz CT molecular complexity index is 675. The van der Waals surface area contributed by atoms with Crippen LogP contribution in [-0.2, 0) is 14.3 Å². The third kappa shape index (κ3) is 4.81. The van der Waals surface area contributed by atoms with E-state index in [2.05, 4.69) is 24.4 Å². The van der Waals surface area contributed by atoms with Crippen molar-refractivity contribution in [2.75, 3.05) is 12.4 Å². The van der Waals surface area contributed by atoms with Crippen molar-refractivity contribution in [2.24, 2.45) is 17.8 Å². The van der Waals surface area contributed by atoms with Gasteiger partial charge in [-0.2, -0.15) is 0 Å². The standard InChI is InChI=1S/C21H29NO3S/c1-13-4-5-14(2)19(8-13)26-12-21(24)25-11-20(23)22-15(3)18-10-16-6-7-17(18)9-16/h4-5,8,15-18H,6-7,9-12H2,1-3H3,(H,22,23)/t15-,16-,17-,18-/m0/s1. The second-order valence-corrected chi connectivity index (χ2v) is 8.93. The van der Waals surface area contributed by atoms with E-state index in [-0.39, 0.29) is 30.3 Å². The molecule has 0 unspecified atom stereocenters. The summed E-state index contributed by atoms with van der Waals surface area (Å²) in [6.07, 6.45) is 5.23. The van der Waals surface area contributed by atoms with Gasteiger partial charge in [0.2, 0.25) is 0 Å². The minimum absolute atomic E-state index is 0.167. The Morgan fingerprint density at radius 1 is 1.27 bits per heavy atom. The van der Waals surface area contributed by atoms with Gasteiger partial charge in [0.05, 0.1) is 5.75 Å². The molecule has 142 valence electrons. The fraction of sp³-hybridized carbons (Fsp3) is 0.619. The van der Waals surface area contributed by atoms with E-state index in [0.29, 0.717) is 5.92 Å². The molecule has 4 atom stereocenters. The SMILES string of the molecule is Cc1ccc(C)c(SCC(=O)OCC(=O)N[C@@H](C)[C@@H]2C[C@H]3CC[C@H]2C3)c1. The maximum atomic E-state index is 12.1. The molecule has 0 aliphatic heterocycles. The van der Waals surface area contributed by atoms with Crippen molar-refractivity contribution in [2.45, 2.75) is 57.4 Å². The van der Waals surface area contributed by atoms with Crippen LogP contribution in [0, 0.1) is 31.6 Å². The molecule has 2 aliphatic carbocycles. The van der Waals surface area contributed by atoms with Crippen molar-refractivity contribution in [1.82, 2.24) is 5.32 Å². The lowest BCUT2D eigenvalue weighted by molar-refractivity contribution is -0.146. The smallest absolute Gasteiger partial charge is 0.316 e. The number of carbonyl (C=O) groups excluding carboxylic acids is 2. The molecule has 5 heteroatoms. The van der Waals surface area contributed by atoms with Crippen LogP contribution in [0.15, 0.2) is 23.1 Å². The van der Waals surface area contributed by atoms with Crippen LogP contribution in [0.1, 0.15) is 43.7 Å². The predicted molar refractivity (Wildman–Crippen MR) is 104 cm³/mol. The average molecular weight is 376 g/mol. The first-order chi connectivity index (χ1) is 12.4. The summed E-state index contributed by atoms with van der Waals surface area (Å²) in [6.45, 7) is 5.96. The Balaban J connectivity index is 1.37. The molecule has 26 heavy (non-hydrogen) atoms. The molecular formula is C21H29NO3S. The highest BCUT2D eigenvalue weighted by Gasteiger charge is 2.42. The van der Waals surface area contributed by atoms with Gasteiger partial charge in [0.1, 0.15) is 0 Å². The van der Waals surface area contributed by atoms with Crippen molar-refractivity contribution in [3.05, 3.63) is 29.3 Å². The highest BCUT2D eigenvalue weighted by Crippen LogP contribution is 2.49. The summed E-state index contributed by atoms with van der Waals surface area (Å²) in [7, 11) is 0. The summed E-state index contributed by atoms with van der Waals surface area (Å²) >= 11 is 1.46. The van der Waals surface area contributed by atoms with Gasteiger partial charge in [0.15, 0.2) is 6.61 Å². The van der Waals surface area contributed by atoms with E-state index >= 15 is 0 Å². The van der Waals surface area contributed by atoms with Crippen LogP contribution in [0.25, 0.3) is 0 Å². The molecule has 0 heterocycles. The molecule has 1 aromatic rings. The first-order valence-electron chi connectivity index (χ1n) is 9.57. The molecule has 1 amide bonds. The molecule has 2 aliphatic rings. The van der Waals surface area contributed by atoms with E-state index in [1.54, 1.807) is 0 Å². The highest BCUT2D eigenvalue weighted by atomic mass is 32.2. The van der Waals surface area contributed by atoms with Crippen molar-refractivity contribution in [3.63, 3.8) is 0 Å². The Morgan fingerprint density at radius 3 is 2.77 bits per heavy atom. The van der Waals surface area contributed by atoms with Gasteiger partial charge in [-0.1, -0.05) is 24.1 Å². The molecule has 0 saturated heterocycles. The molecule has 0 radical (unpaired) electrons. The van der Waals surface area contributed by atoms with Crippen LogP contribution in [0.3, 0.4) is 0 Å². The van der Waals surface area contributed by atoms with E-state index < -0.39 is 0 Å². The fourth-order valence-electron chi connectivity index (χ4n) is 4.50. The van der Waals surface area contributed by atoms with E-state index in [1.807, 2.05) is 19.9 Å². The summed E-state index contributed by atoms with van der Waals surface area (Å²) in [5.74, 6) is 1.91. The molecule has 1 aromatic carbocycles. The lowest BCUT2D eigenvalue weighted by Crippen LogP contribution is -2.42. The zero-order chi connectivity index (χ0) is 18.7. The lowest BCUT2D eigenvalue weighted by atomic mass is 9.84. The summed E-state index contributed by atoms with van der Waals surface area (Å²) in [5, 5.41) is 3.03. The molecule has 3 rings (SSSR count).